The first-order chi connectivity index (χ1) is 13.0. The summed E-state index contributed by atoms with van der Waals surface area (Å²) in [7, 11) is 2.02. The lowest BCUT2D eigenvalue weighted by Gasteiger charge is -2.40. The zero-order valence-corrected chi connectivity index (χ0v) is 17.3. The van der Waals surface area contributed by atoms with Crippen molar-refractivity contribution in [3.8, 4) is 0 Å². The third-order valence-corrected chi connectivity index (χ3v) is 5.91. The quantitative estimate of drug-likeness (QED) is 0.607. The Labute approximate surface area is 162 Å². The van der Waals surface area contributed by atoms with E-state index in [0.717, 1.165) is 63.5 Å². The van der Waals surface area contributed by atoms with Crippen LogP contribution in [-0.4, -0.2) is 52.7 Å². The molecule has 2 fully saturated rings. The van der Waals surface area contributed by atoms with Gasteiger partial charge in [-0.3, -0.25) is 9.48 Å². The predicted octanol–water partition coefficient (Wildman–Crippen LogP) is 1.61. The number of likely N-dealkylation sites (tertiary alicyclic amines) is 1. The fraction of sp³-hybridized carbons (Fsp3) is 0.750. The molecule has 0 bridgehead atoms. The Morgan fingerprint density at radius 1 is 1.33 bits per heavy atom. The molecule has 0 radical (unpaired) electrons. The molecule has 1 atom stereocenters. The van der Waals surface area contributed by atoms with Gasteiger partial charge in [0.15, 0.2) is 5.96 Å². The summed E-state index contributed by atoms with van der Waals surface area (Å²) in [6.45, 7) is 10.6. The van der Waals surface area contributed by atoms with E-state index in [0.29, 0.717) is 13.0 Å². The normalized spacial score (nSPS) is 23.2. The van der Waals surface area contributed by atoms with Gasteiger partial charge in [-0.05, 0) is 32.6 Å². The number of nitrogens with zero attached hydrogens (tertiary/aromatic N) is 4. The number of carbonyl (C=O) groups excluding carboxylic acids is 1. The van der Waals surface area contributed by atoms with Crippen LogP contribution in [0.2, 0.25) is 0 Å². The van der Waals surface area contributed by atoms with Crippen LogP contribution in [0.4, 0.5) is 0 Å². The molecule has 2 aliphatic heterocycles. The molecule has 1 amide bonds. The molecule has 1 aromatic heterocycles. The summed E-state index contributed by atoms with van der Waals surface area (Å²) < 4.78 is 2.00. The van der Waals surface area contributed by atoms with Crippen molar-refractivity contribution in [2.45, 2.75) is 59.4 Å². The molecule has 1 spiro atoms. The summed E-state index contributed by atoms with van der Waals surface area (Å²) >= 11 is 0. The van der Waals surface area contributed by atoms with E-state index in [2.05, 4.69) is 41.4 Å². The monoisotopic (exact) mass is 374 g/mol. The SMILES string of the molecule is CCNC(=NCc1c(CC)nn(C)c1CC)N1CCCC2(CNC(=O)C2)C1. The molecule has 7 nitrogen and oxygen atoms in total. The smallest absolute Gasteiger partial charge is 0.220 e. The average molecular weight is 375 g/mol. The molecular formula is C20H34N6O. The second-order valence-corrected chi connectivity index (χ2v) is 7.85. The van der Waals surface area contributed by atoms with Crippen LogP contribution >= 0.6 is 0 Å². The Kier molecular flexibility index (Phi) is 6.07. The zero-order valence-electron chi connectivity index (χ0n) is 17.3. The largest absolute Gasteiger partial charge is 0.357 e. The molecule has 27 heavy (non-hydrogen) atoms. The lowest BCUT2D eigenvalue weighted by Crippen LogP contribution is -2.51. The highest BCUT2D eigenvalue weighted by Gasteiger charge is 2.42. The summed E-state index contributed by atoms with van der Waals surface area (Å²) in [6.07, 6.45) is 4.75. The van der Waals surface area contributed by atoms with Crippen LogP contribution in [0.5, 0.6) is 0 Å². The van der Waals surface area contributed by atoms with Crippen LogP contribution < -0.4 is 10.6 Å². The highest BCUT2D eigenvalue weighted by molar-refractivity contribution is 5.81. The maximum atomic E-state index is 11.8. The molecule has 1 aromatic rings. The van der Waals surface area contributed by atoms with E-state index in [4.69, 9.17) is 4.99 Å². The molecule has 0 aromatic carbocycles. The van der Waals surface area contributed by atoms with Gasteiger partial charge in [0.25, 0.3) is 0 Å². The van der Waals surface area contributed by atoms with Crippen LogP contribution in [-0.2, 0) is 31.2 Å². The first-order valence-electron chi connectivity index (χ1n) is 10.4. The Morgan fingerprint density at radius 2 is 2.15 bits per heavy atom. The van der Waals surface area contributed by atoms with E-state index in [1.54, 1.807) is 0 Å². The first-order valence-corrected chi connectivity index (χ1v) is 10.4. The van der Waals surface area contributed by atoms with Crippen molar-refractivity contribution in [1.29, 1.82) is 0 Å². The number of nitrogens with one attached hydrogen (secondary N) is 2. The van der Waals surface area contributed by atoms with Crippen LogP contribution in [0, 0.1) is 5.41 Å². The number of carbonyl (C=O) groups is 1. The summed E-state index contributed by atoms with van der Waals surface area (Å²) in [5.41, 5.74) is 3.76. The van der Waals surface area contributed by atoms with Crippen molar-refractivity contribution in [3.05, 3.63) is 17.0 Å². The molecule has 0 saturated carbocycles. The number of aryl methyl sites for hydroxylation is 2. The number of aromatic nitrogens is 2. The van der Waals surface area contributed by atoms with Crippen LogP contribution in [0.15, 0.2) is 4.99 Å². The molecule has 1 unspecified atom stereocenters. The number of amides is 1. The minimum absolute atomic E-state index is 0.0724. The van der Waals surface area contributed by atoms with Gasteiger partial charge in [-0.25, -0.2) is 4.99 Å². The highest BCUT2D eigenvalue weighted by Crippen LogP contribution is 2.36. The second kappa shape index (κ2) is 8.31. The van der Waals surface area contributed by atoms with E-state index in [1.165, 1.54) is 11.3 Å². The Balaban J connectivity index is 1.80. The third-order valence-electron chi connectivity index (χ3n) is 5.91. The summed E-state index contributed by atoms with van der Waals surface area (Å²) in [5.74, 6) is 1.15. The van der Waals surface area contributed by atoms with Crippen molar-refractivity contribution in [2.75, 3.05) is 26.2 Å². The minimum atomic E-state index is 0.0724. The van der Waals surface area contributed by atoms with Gasteiger partial charge in [0.2, 0.25) is 5.91 Å². The fourth-order valence-electron chi connectivity index (χ4n) is 4.58. The van der Waals surface area contributed by atoms with Gasteiger partial charge < -0.3 is 15.5 Å². The standard InChI is InChI=1S/C20H34N6O/c1-5-16-15(17(6-2)25(4)24-16)12-22-19(21-7-3)26-10-8-9-20(14-26)11-18(27)23-13-20/h5-14H2,1-4H3,(H,21,22)(H,23,27). The van der Waals surface area contributed by atoms with Crippen molar-refractivity contribution >= 4 is 11.9 Å². The predicted molar refractivity (Wildman–Crippen MR) is 108 cm³/mol. The van der Waals surface area contributed by atoms with Gasteiger partial charge in [0.05, 0.1) is 12.2 Å². The van der Waals surface area contributed by atoms with Gasteiger partial charge in [0, 0.05) is 56.3 Å². The van der Waals surface area contributed by atoms with Crippen LogP contribution in [0.1, 0.15) is 57.0 Å². The number of piperidine rings is 1. The van der Waals surface area contributed by atoms with E-state index < -0.39 is 0 Å². The second-order valence-electron chi connectivity index (χ2n) is 7.85. The zero-order chi connectivity index (χ0) is 19.4. The Hall–Kier alpha value is -2.05. The Bertz CT molecular complexity index is 710. The van der Waals surface area contributed by atoms with E-state index in [1.807, 2.05) is 11.7 Å². The van der Waals surface area contributed by atoms with E-state index >= 15 is 0 Å². The van der Waals surface area contributed by atoms with Crippen LogP contribution in [0.3, 0.4) is 0 Å². The van der Waals surface area contributed by atoms with Crippen molar-refractivity contribution < 1.29 is 4.79 Å². The van der Waals surface area contributed by atoms with Gasteiger partial charge in [-0.1, -0.05) is 13.8 Å². The van der Waals surface area contributed by atoms with Gasteiger partial charge in [-0.15, -0.1) is 0 Å². The lowest BCUT2D eigenvalue weighted by atomic mass is 9.79. The molecule has 150 valence electrons. The first kappa shape index (κ1) is 19.7. The van der Waals surface area contributed by atoms with Gasteiger partial charge >= 0.3 is 0 Å². The number of hydrogen-bond donors (Lipinski definition) is 2. The highest BCUT2D eigenvalue weighted by atomic mass is 16.1. The Morgan fingerprint density at radius 3 is 2.78 bits per heavy atom. The minimum Gasteiger partial charge on any atom is -0.357 e. The maximum absolute atomic E-state index is 11.8. The average Bonchev–Trinajstić information content (AvgIpc) is 3.17. The molecule has 2 saturated heterocycles. The van der Waals surface area contributed by atoms with Crippen molar-refractivity contribution in [1.82, 2.24) is 25.3 Å². The van der Waals surface area contributed by atoms with Crippen molar-refractivity contribution in [3.63, 3.8) is 0 Å². The molecule has 2 N–H and O–H groups in total. The summed E-state index contributed by atoms with van der Waals surface area (Å²) in [4.78, 5) is 19.1. The molecule has 0 aliphatic carbocycles. The number of guanidine groups is 1. The maximum Gasteiger partial charge on any atom is 0.220 e. The van der Waals surface area contributed by atoms with E-state index in [-0.39, 0.29) is 11.3 Å². The molecule has 7 heteroatoms. The van der Waals surface area contributed by atoms with Crippen LogP contribution in [0.25, 0.3) is 0 Å². The molecule has 3 heterocycles. The van der Waals surface area contributed by atoms with Gasteiger partial charge in [0.1, 0.15) is 0 Å². The lowest BCUT2D eigenvalue weighted by molar-refractivity contribution is -0.119. The van der Waals surface area contributed by atoms with E-state index in [9.17, 15) is 4.79 Å². The number of rotatable bonds is 5. The molecule has 2 aliphatic rings. The molecule has 3 rings (SSSR count). The fourth-order valence-corrected chi connectivity index (χ4v) is 4.58. The number of aliphatic imine (C=N–C) groups is 1. The summed E-state index contributed by atoms with van der Waals surface area (Å²) in [6, 6.07) is 0. The summed E-state index contributed by atoms with van der Waals surface area (Å²) in [5, 5.41) is 11.2. The molecular weight excluding hydrogens is 340 g/mol. The topological polar surface area (TPSA) is 74.6 Å². The third kappa shape index (κ3) is 4.12. The number of hydrogen-bond acceptors (Lipinski definition) is 3. The van der Waals surface area contributed by atoms with Gasteiger partial charge in [-0.2, -0.15) is 5.10 Å². The van der Waals surface area contributed by atoms with Crippen molar-refractivity contribution in [2.24, 2.45) is 17.5 Å².